The largest absolute Gasteiger partial charge is 0.340 e. The van der Waals surface area contributed by atoms with Gasteiger partial charge >= 0.3 is 0 Å². The van der Waals surface area contributed by atoms with E-state index in [1.807, 2.05) is 13.0 Å². The molecular formula is C11H18N4. The Hall–Kier alpha value is -1.29. The lowest BCUT2D eigenvalue weighted by Gasteiger charge is -2.28. The van der Waals surface area contributed by atoms with Gasteiger partial charge in [-0.25, -0.2) is 4.98 Å². The molecule has 0 amide bonds. The van der Waals surface area contributed by atoms with Gasteiger partial charge in [0.1, 0.15) is 0 Å². The Morgan fingerprint density at radius 2 is 2.27 bits per heavy atom. The summed E-state index contributed by atoms with van der Waals surface area (Å²) in [4.78, 5) is 6.89. The molecule has 0 spiro atoms. The van der Waals surface area contributed by atoms with E-state index in [0.717, 1.165) is 44.4 Å². The Balaban J connectivity index is 2.20. The number of aromatic nitrogens is 2. The van der Waals surface area contributed by atoms with Gasteiger partial charge in [0, 0.05) is 38.9 Å². The molecule has 1 aromatic heterocycles. The van der Waals surface area contributed by atoms with Crippen LogP contribution in [0.1, 0.15) is 5.69 Å². The average molecular weight is 206 g/mol. The average Bonchev–Trinajstić information content (AvgIpc) is 2.62. The van der Waals surface area contributed by atoms with Crippen molar-refractivity contribution in [3.63, 3.8) is 0 Å². The van der Waals surface area contributed by atoms with Crippen molar-refractivity contribution in [3.05, 3.63) is 24.5 Å². The van der Waals surface area contributed by atoms with E-state index in [9.17, 15) is 0 Å². The third kappa shape index (κ3) is 2.21. The van der Waals surface area contributed by atoms with Crippen LogP contribution in [0.5, 0.6) is 0 Å². The summed E-state index contributed by atoms with van der Waals surface area (Å²) in [6.07, 6.45) is 3.99. The van der Waals surface area contributed by atoms with Gasteiger partial charge in [-0.15, -0.1) is 6.58 Å². The Kier molecular flexibility index (Phi) is 3.06. The standard InChI is InChI=1S/C11H18N4/c1-3-6-15-9-10(2)13-11(15)14-7-4-12-5-8-14/h3,9,12H,1,4-8H2,2H3. The number of imidazole rings is 1. The maximum atomic E-state index is 4.57. The van der Waals surface area contributed by atoms with Crippen molar-refractivity contribution in [1.29, 1.82) is 0 Å². The van der Waals surface area contributed by atoms with Gasteiger partial charge in [0.25, 0.3) is 0 Å². The van der Waals surface area contributed by atoms with E-state index in [4.69, 9.17) is 0 Å². The zero-order chi connectivity index (χ0) is 10.7. The molecule has 1 aliphatic heterocycles. The van der Waals surface area contributed by atoms with Gasteiger partial charge in [-0.1, -0.05) is 6.08 Å². The molecule has 0 unspecified atom stereocenters. The first-order valence-electron chi connectivity index (χ1n) is 5.41. The fraction of sp³-hybridized carbons (Fsp3) is 0.545. The molecule has 0 atom stereocenters. The number of rotatable bonds is 3. The quantitative estimate of drug-likeness (QED) is 0.742. The van der Waals surface area contributed by atoms with Gasteiger partial charge in [0.2, 0.25) is 5.95 Å². The molecule has 0 aliphatic carbocycles. The van der Waals surface area contributed by atoms with Crippen LogP contribution in [0, 0.1) is 6.92 Å². The molecule has 1 saturated heterocycles. The van der Waals surface area contributed by atoms with Crippen molar-refractivity contribution in [1.82, 2.24) is 14.9 Å². The van der Waals surface area contributed by atoms with E-state index >= 15 is 0 Å². The fourth-order valence-corrected chi connectivity index (χ4v) is 1.92. The Bertz CT molecular complexity index is 336. The third-order valence-electron chi connectivity index (χ3n) is 2.60. The van der Waals surface area contributed by atoms with E-state index < -0.39 is 0 Å². The number of anilines is 1. The molecule has 1 N–H and O–H groups in total. The van der Waals surface area contributed by atoms with Crippen LogP contribution in [0.3, 0.4) is 0 Å². The smallest absolute Gasteiger partial charge is 0.206 e. The summed E-state index contributed by atoms with van der Waals surface area (Å²) < 4.78 is 2.16. The summed E-state index contributed by atoms with van der Waals surface area (Å²) in [6.45, 7) is 10.8. The number of piperazine rings is 1. The molecule has 2 rings (SSSR count). The molecular weight excluding hydrogens is 188 g/mol. The highest BCUT2D eigenvalue weighted by atomic mass is 15.3. The predicted octanol–water partition coefficient (Wildman–Crippen LogP) is 0.787. The Morgan fingerprint density at radius 3 is 2.93 bits per heavy atom. The van der Waals surface area contributed by atoms with Crippen LogP contribution >= 0.6 is 0 Å². The Labute approximate surface area is 90.6 Å². The van der Waals surface area contributed by atoms with Crippen molar-refractivity contribution in [2.75, 3.05) is 31.1 Å². The summed E-state index contributed by atoms with van der Waals surface area (Å²) in [7, 11) is 0. The van der Waals surface area contributed by atoms with E-state index in [1.165, 1.54) is 0 Å². The summed E-state index contributed by atoms with van der Waals surface area (Å²) in [5.41, 5.74) is 1.07. The molecule has 4 heteroatoms. The number of aryl methyl sites for hydroxylation is 1. The van der Waals surface area contributed by atoms with E-state index in [-0.39, 0.29) is 0 Å². The topological polar surface area (TPSA) is 33.1 Å². The van der Waals surface area contributed by atoms with Gasteiger partial charge in [0.15, 0.2) is 0 Å². The second-order valence-corrected chi connectivity index (χ2v) is 3.86. The molecule has 0 saturated carbocycles. The number of hydrogen-bond donors (Lipinski definition) is 1. The van der Waals surface area contributed by atoms with Gasteiger partial charge in [-0.3, -0.25) is 0 Å². The van der Waals surface area contributed by atoms with Crippen LogP contribution in [0.4, 0.5) is 5.95 Å². The maximum absolute atomic E-state index is 4.57. The number of hydrogen-bond acceptors (Lipinski definition) is 3. The molecule has 82 valence electrons. The van der Waals surface area contributed by atoms with Crippen LogP contribution in [0.2, 0.25) is 0 Å². The molecule has 1 aliphatic rings. The zero-order valence-electron chi connectivity index (χ0n) is 9.24. The Morgan fingerprint density at radius 1 is 1.53 bits per heavy atom. The van der Waals surface area contributed by atoms with Crippen LogP contribution in [-0.4, -0.2) is 35.7 Å². The van der Waals surface area contributed by atoms with E-state index in [0.29, 0.717) is 0 Å². The summed E-state index contributed by atoms with van der Waals surface area (Å²) >= 11 is 0. The van der Waals surface area contributed by atoms with Crippen molar-refractivity contribution in [2.24, 2.45) is 0 Å². The molecule has 2 heterocycles. The summed E-state index contributed by atoms with van der Waals surface area (Å²) in [5.74, 6) is 1.08. The highest BCUT2D eigenvalue weighted by Gasteiger charge is 2.15. The summed E-state index contributed by atoms with van der Waals surface area (Å²) in [5, 5.41) is 3.34. The van der Waals surface area contributed by atoms with Gasteiger partial charge in [-0.05, 0) is 6.92 Å². The lowest BCUT2D eigenvalue weighted by molar-refractivity contribution is 0.571. The van der Waals surface area contributed by atoms with E-state index in [2.05, 4.69) is 32.5 Å². The van der Waals surface area contributed by atoms with Gasteiger partial charge < -0.3 is 14.8 Å². The molecule has 0 radical (unpaired) electrons. The maximum Gasteiger partial charge on any atom is 0.206 e. The molecule has 15 heavy (non-hydrogen) atoms. The number of allylic oxidation sites excluding steroid dienone is 1. The van der Waals surface area contributed by atoms with E-state index in [1.54, 1.807) is 0 Å². The van der Waals surface area contributed by atoms with Crippen molar-refractivity contribution >= 4 is 5.95 Å². The van der Waals surface area contributed by atoms with Crippen LogP contribution < -0.4 is 10.2 Å². The monoisotopic (exact) mass is 206 g/mol. The van der Waals surface area contributed by atoms with Crippen LogP contribution in [0.25, 0.3) is 0 Å². The first kappa shape index (κ1) is 10.2. The molecule has 0 bridgehead atoms. The first-order valence-corrected chi connectivity index (χ1v) is 5.41. The molecule has 1 aromatic rings. The van der Waals surface area contributed by atoms with Crippen molar-refractivity contribution < 1.29 is 0 Å². The number of nitrogens with zero attached hydrogens (tertiary/aromatic N) is 3. The van der Waals surface area contributed by atoms with Gasteiger partial charge in [0.05, 0.1) is 5.69 Å². The molecule has 0 aromatic carbocycles. The highest BCUT2D eigenvalue weighted by Crippen LogP contribution is 2.14. The normalized spacial score (nSPS) is 16.7. The highest BCUT2D eigenvalue weighted by molar-refractivity contribution is 5.34. The molecule has 1 fully saturated rings. The van der Waals surface area contributed by atoms with Crippen LogP contribution in [0.15, 0.2) is 18.9 Å². The SMILES string of the molecule is C=CCn1cc(C)nc1N1CCNCC1. The minimum absolute atomic E-state index is 0.833. The van der Waals surface area contributed by atoms with Gasteiger partial charge in [-0.2, -0.15) is 0 Å². The predicted molar refractivity (Wildman–Crippen MR) is 62.2 cm³/mol. The van der Waals surface area contributed by atoms with Crippen LogP contribution in [-0.2, 0) is 6.54 Å². The minimum Gasteiger partial charge on any atom is -0.340 e. The van der Waals surface area contributed by atoms with Crippen molar-refractivity contribution in [3.8, 4) is 0 Å². The summed E-state index contributed by atoms with van der Waals surface area (Å²) in [6, 6.07) is 0. The number of nitrogens with one attached hydrogen (secondary N) is 1. The second-order valence-electron chi connectivity index (χ2n) is 3.86. The third-order valence-corrected chi connectivity index (χ3v) is 2.60. The zero-order valence-corrected chi connectivity index (χ0v) is 9.24. The van der Waals surface area contributed by atoms with Crippen molar-refractivity contribution in [2.45, 2.75) is 13.5 Å². The lowest BCUT2D eigenvalue weighted by Crippen LogP contribution is -2.44. The fourth-order valence-electron chi connectivity index (χ4n) is 1.92. The first-order chi connectivity index (χ1) is 7.31. The second kappa shape index (κ2) is 4.49. The molecule has 4 nitrogen and oxygen atoms in total. The lowest BCUT2D eigenvalue weighted by atomic mass is 10.4. The minimum atomic E-state index is 0.833.